The quantitative estimate of drug-likeness (QED) is 0.195. The molecular formula is C24H33NO4S2. The number of fused-ring (bicyclic) bond motifs is 1. The van der Waals surface area contributed by atoms with E-state index in [1.165, 1.54) is 18.7 Å². The summed E-state index contributed by atoms with van der Waals surface area (Å²) >= 11 is 3.27. The van der Waals surface area contributed by atoms with Crippen LogP contribution in [0.25, 0.3) is 0 Å². The number of hydrogen-bond acceptors (Lipinski definition) is 7. The van der Waals surface area contributed by atoms with Crippen molar-refractivity contribution in [3.63, 3.8) is 0 Å². The number of thioether (sulfide) groups is 1. The average Bonchev–Trinajstić information content (AvgIpc) is 2.71. The molecule has 1 aliphatic heterocycles. The lowest BCUT2D eigenvalue weighted by Gasteiger charge is -2.53. The van der Waals surface area contributed by atoms with Crippen molar-refractivity contribution < 1.29 is 19.4 Å². The van der Waals surface area contributed by atoms with Gasteiger partial charge in [0.1, 0.15) is 0 Å². The highest BCUT2D eigenvalue weighted by Gasteiger charge is 2.49. The first kappa shape index (κ1) is 24.2. The molecule has 3 rings (SSSR count). The van der Waals surface area contributed by atoms with Crippen molar-refractivity contribution in [1.82, 2.24) is 4.31 Å². The topological polar surface area (TPSA) is 66.8 Å². The predicted molar refractivity (Wildman–Crippen MR) is 129 cm³/mol. The van der Waals surface area contributed by atoms with Crippen molar-refractivity contribution in [2.45, 2.75) is 64.8 Å². The fourth-order valence-electron chi connectivity index (χ4n) is 5.14. The Morgan fingerprint density at radius 3 is 2.74 bits per heavy atom. The number of nitrogens with zero attached hydrogens (tertiary/aromatic N) is 1. The molecule has 1 fully saturated rings. The summed E-state index contributed by atoms with van der Waals surface area (Å²) in [6, 6.07) is 3.95. The largest absolute Gasteiger partial charge is 0.504 e. The third-order valence-electron chi connectivity index (χ3n) is 6.44. The number of aryl methyl sites for hydroxylation is 1. The van der Waals surface area contributed by atoms with Crippen LogP contribution in [0.15, 0.2) is 24.3 Å². The number of piperidine rings is 1. The van der Waals surface area contributed by atoms with E-state index >= 15 is 0 Å². The smallest absolute Gasteiger partial charge is 0.308 e. The second kappa shape index (κ2) is 10.5. The molecule has 0 bridgehead atoms. The summed E-state index contributed by atoms with van der Waals surface area (Å²) in [5.74, 6) is 2.08. The molecule has 0 saturated carbocycles. The zero-order valence-corrected chi connectivity index (χ0v) is 20.5. The second-order valence-electron chi connectivity index (χ2n) is 8.50. The molecule has 1 aromatic rings. The SMILES string of the molecule is CC(=O)Oc1ccc(C)c(C23CCC=CC2C(C)N(SCCCSC(C)=O)CC3)c1O. The average molecular weight is 464 g/mol. The molecule has 0 radical (unpaired) electrons. The van der Waals surface area contributed by atoms with E-state index in [0.717, 1.165) is 54.9 Å². The number of esters is 1. The van der Waals surface area contributed by atoms with Gasteiger partial charge in [-0.1, -0.05) is 41.9 Å². The lowest BCUT2D eigenvalue weighted by molar-refractivity contribution is -0.132. The molecule has 1 aliphatic carbocycles. The molecule has 170 valence electrons. The van der Waals surface area contributed by atoms with Crippen LogP contribution in [-0.4, -0.2) is 44.6 Å². The van der Waals surface area contributed by atoms with Crippen LogP contribution in [0.2, 0.25) is 0 Å². The maximum absolute atomic E-state index is 11.5. The Bertz CT molecular complexity index is 856. The van der Waals surface area contributed by atoms with Crippen LogP contribution in [0.4, 0.5) is 0 Å². The van der Waals surface area contributed by atoms with Gasteiger partial charge in [0.25, 0.3) is 0 Å². The summed E-state index contributed by atoms with van der Waals surface area (Å²) in [5, 5.41) is 11.3. The number of allylic oxidation sites excluding steroid dienone is 1. The highest BCUT2D eigenvalue weighted by atomic mass is 32.2. The van der Waals surface area contributed by atoms with E-state index in [9.17, 15) is 14.7 Å². The number of aromatic hydroxyl groups is 1. The van der Waals surface area contributed by atoms with Crippen LogP contribution in [-0.2, 0) is 15.0 Å². The minimum atomic E-state index is -0.426. The molecule has 0 aromatic heterocycles. The van der Waals surface area contributed by atoms with Gasteiger partial charge in [-0.25, -0.2) is 4.31 Å². The van der Waals surface area contributed by atoms with Crippen LogP contribution in [0, 0.1) is 12.8 Å². The number of carbonyl (C=O) groups is 2. The maximum atomic E-state index is 11.5. The Hall–Kier alpha value is -1.44. The predicted octanol–water partition coefficient (Wildman–Crippen LogP) is 5.24. The molecule has 1 heterocycles. The molecule has 0 spiro atoms. The van der Waals surface area contributed by atoms with Crippen molar-refractivity contribution in [1.29, 1.82) is 0 Å². The molecule has 3 unspecified atom stereocenters. The molecule has 1 saturated heterocycles. The van der Waals surface area contributed by atoms with E-state index in [4.69, 9.17) is 4.74 Å². The Labute approximate surface area is 194 Å². The summed E-state index contributed by atoms with van der Waals surface area (Å²) in [5.41, 5.74) is 1.82. The lowest BCUT2D eigenvalue weighted by Crippen LogP contribution is -2.53. The number of rotatable bonds is 7. The van der Waals surface area contributed by atoms with Crippen molar-refractivity contribution in [2.75, 3.05) is 18.1 Å². The van der Waals surface area contributed by atoms with Crippen LogP contribution >= 0.6 is 23.7 Å². The summed E-state index contributed by atoms with van der Waals surface area (Å²) in [6.07, 6.45) is 8.50. The van der Waals surface area contributed by atoms with E-state index in [1.54, 1.807) is 13.0 Å². The van der Waals surface area contributed by atoms with E-state index < -0.39 is 5.97 Å². The Kier molecular flexibility index (Phi) is 8.16. The molecule has 31 heavy (non-hydrogen) atoms. The van der Waals surface area contributed by atoms with E-state index in [0.29, 0.717) is 6.04 Å². The molecular weight excluding hydrogens is 430 g/mol. The number of carbonyl (C=O) groups excluding carboxylic acids is 2. The number of hydrogen-bond donors (Lipinski definition) is 1. The van der Waals surface area contributed by atoms with Gasteiger partial charge in [-0.3, -0.25) is 9.59 Å². The van der Waals surface area contributed by atoms with Crippen molar-refractivity contribution in [2.24, 2.45) is 5.92 Å². The third-order valence-corrected chi connectivity index (χ3v) is 8.66. The molecule has 7 heteroatoms. The summed E-state index contributed by atoms with van der Waals surface area (Å²) < 4.78 is 7.77. The van der Waals surface area contributed by atoms with Gasteiger partial charge in [-0.05, 0) is 51.2 Å². The van der Waals surface area contributed by atoms with Crippen molar-refractivity contribution in [3.8, 4) is 11.5 Å². The van der Waals surface area contributed by atoms with Gasteiger partial charge >= 0.3 is 5.97 Å². The fraction of sp³-hybridized carbons (Fsp3) is 0.583. The monoisotopic (exact) mass is 463 g/mol. The van der Waals surface area contributed by atoms with Gasteiger partial charge in [-0.15, -0.1) is 0 Å². The molecule has 3 atom stereocenters. The lowest BCUT2D eigenvalue weighted by atomic mass is 9.58. The van der Waals surface area contributed by atoms with Crippen LogP contribution in [0.5, 0.6) is 11.5 Å². The first-order valence-corrected chi connectivity index (χ1v) is 12.9. The number of ether oxygens (including phenoxy) is 1. The van der Waals surface area contributed by atoms with Gasteiger partial charge < -0.3 is 9.84 Å². The highest BCUT2D eigenvalue weighted by Crippen LogP contribution is 2.54. The first-order chi connectivity index (χ1) is 14.8. The summed E-state index contributed by atoms with van der Waals surface area (Å²) in [7, 11) is 0. The van der Waals surface area contributed by atoms with Gasteiger partial charge in [-0.2, -0.15) is 0 Å². The number of phenolic OH excluding ortho intramolecular Hbond substituents is 1. The minimum Gasteiger partial charge on any atom is -0.504 e. The standard InChI is InChI=1S/C24H33NO4S2/c1-16-9-10-21(29-18(3)26)23(28)22(16)24-11-6-5-8-20(24)17(2)25(13-12-24)31-15-7-14-30-19(4)27/h5,8-10,17,20,28H,6-7,11-15H2,1-4H3. The second-order valence-corrected chi connectivity index (χ2v) is 10.9. The number of phenols is 1. The molecule has 0 amide bonds. The zero-order valence-electron chi connectivity index (χ0n) is 18.8. The molecule has 1 aromatic carbocycles. The Morgan fingerprint density at radius 2 is 2.03 bits per heavy atom. The third kappa shape index (κ3) is 5.32. The highest BCUT2D eigenvalue weighted by molar-refractivity contribution is 8.13. The van der Waals surface area contributed by atoms with Crippen molar-refractivity contribution >= 4 is 34.8 Å². The molecule has 2 aliphatic rings. The van der Waals surface area contributed by atoms with E-state index in [2.05, 4.69) is 23.4 Å². The Morgan fingerprint density at radius 1 is 1.26 bits per heavy atom. The Balaban J connectivity index is 1.83. The molecule has 1 N–H and O–H groups in total. The van der Waals surface area contributed by atoms with Gasteiger partial charge in [0.15, 0.2) is 16.6 Å². The fourth-order valence-corrected chi connectivity index (χ4v) is 6.99. The summed E-state index contributed by atoms with van der Waals surface area (Å²) in [6.45, 7) is 8.22. The van der Waals surface area contributed by atoms with Crippen LogP contribution < -0.4 is 4.74 Å². The van der Waals surface area contributed by atoms with Gasteiger partial charge in [0, 0.05) is 54.8 Å². The van der Waals surface area contributed by atoms with Crippen molar-refractivity contribution in [3.05, 3.63) is 35.4 Å². The van der Waals surface area contributed by atoms with E-state index in [1.807, 2.05) is 24.9 Å². The van der Waals surface area contributed by atoms with Gasteiger partial charge in [0.2, 0.25) is 0 Å². The van der Waals surface area contributed by atoms with Gasteiger partial charge in [0.05, 0.1) is 0 Å². The van der Waals surface area contributed by atoms with E-state index in [-0.39, 0.29) is 27.9 Å². The zero-order chi connectivity index (χ0) is 22.6. The maximum Gasteiger partial charge on any atom is 0.308 e. The first-order valence-electron chi connectivity index (χ1n) is 11.0. The number of benzene rings is 1. The van der Waals surface area contributed by atoms with Crippen LogP contribution in [0.3, 0.4) is 0 Å². The van der Waals surface area contributed by atoms with Crippen LogP contribution in [0.1, 0.15) is 57.6 Å². The normalized spacial score (nSPS) is 25.8. The minimum absolute atomic E-state index is 0.116. The molecule has 5 nitrogen and oxygen atoms in total. The summed E-state index contributed by atoms with van der Waals surface area (Å²) in [4.78, 5) is 22.6.